The second kappa shape index (κ2) is 5.21. The molecule has 0 radical (unpaired) electrons. The van der Waals surface area contributed by atoms with Gasteiger partial charge in [0.05, 0.1) is 0 Å². The largest absolute Gasteiger partial charge is 0.212 e. The van der Waals surface area contributed by atoms with Gasteiger partial charge in [-0.25, -0.2) is 4.39 Å². The first-order valence-corrected chi connectivity index (χ1v) is 3.82. The van der Waals surface area contributed by atoms with Crippen LogP contribution in [0.2, 0.25) is 0 Å². The molecule has 0 aromatic rings. The van der Waals surface area contributed by atoms with Gasteiger partial charge in [-0.1, -0.05) is 26.0 Å². The van der Waals surface area contributed by atoms with Crippen LogP contribution >= 0.6 is 0 Å². The van der Waals surface area contributed by atoms with Crippen LogP contribution in [-0.4, -0.2) is 0 Å². The van der Waals surface area contributed by atoms with E-state index in [-0.39, 0.29) is 5.83 Å². The van der Waals surface area contributed by atoms with Crippen molar-refractivity contribution in [2.24, 2.45) is 0 Å². The van der Waals surface area contributed by atoms with Gasteiger partial charge in [0, 0.05) is 6.42 Å². The van der Waals surface area contributed by atoms with Crippen LogP contribution in [0.25, 0.3) is 0 Å². The Hall–Kier alpha value is -0.590. The molecule has 0 aromatic heterocycles. The summed E-state index contributed by atoms with van der Waals surface area (Å²) < 4.78 is 12.4. The molecule has 0 N–H and O–H groups in total. The molecule has 1 aliphatic carbocycles. The zero-order valence-electron chi connectivity index (χ0n) is 6.95. The Kier molecular flexibility index (Phi) is 4.91. The van der Waals surface area contributed by atoms with Gasteiger partial charge < -0.3 is 0 Å². The number of allylic oxidation sites excluding steroid dienone is 4. The minimum atomic E-state index is 0.0486. The summed E-state index contributed by atoms with van der Waals surface area (Å²) in [6.45, 7) is 5.80. The van der Waals surface area contributed by atoms with Gasteiger partial charge in [-0.15, -0.1) is 0 Å². The minimum absolute atomic E-state index is 0.0486. The standard InChI is InChI=1S/C7H9F.C2H6/c1-6-4-2-3-5-7(6)8;1-2/h2,4H,3,5H2,1H3;1-2H3. The summed E-state index contributed by atoms with van der Waals surface area (Å²) in [5.74, 6) is 0.0486. The fraction of sp³-hybridized carbons (Fsp3) is 0.556. The third-order valence-corrected chi connectivity index (χ3v) is 1.33. The molecule has 0 fully saturated rings. The summed E-state index contributed by atoms with van der Waals surface area (Å²) in [5.41, 5.74) is 0.788. The third-order valence-electron chi connectivity index (χ3n) is 1.33. The van der Waals surface area contributed by atoms with E-state index in [1.165, 1.54) is 0 Å². The summed E-state index contributed by atoms with van der Waals surface area (Å²) in [6, 6.07) is 0. The molecule has 0 bridgehead atoms. The van der Waals surface area contributed by atoms with Gasteiger partial charge in [0.25, 0.3) is 0 Å². The normalized spacial score (nSPS) is 16.4. The van der Waals surface area contributed by atoms with Gasteiger partial charge in [0.1, 0.15) is 5.83 Å². The molecule has 0 saturated carbocycles. The van der Waals surface area contributed by atoms with Crippen molar-refractivity contribution < 1.29 is 4.39 Å². The fourth-order valence-corrected chi connectivity index (χ4v) is 0.758. The first-order valence-electron chi connectivity index (χ1n) is 3.82. The summed E-state index contributed by atoms with van der Waals surface area (Å²) in [4.78, 5) is 0. The van der Waals surface area contributed by atoms with Crippen molar-refractivity contribution in [1.29, 1.82) is 0 Å². The first kappa shape index (κ1) is 9.41. The second-order valence-electron chi connectivity index (χ2n) is 2.03. The van der Waals surface area contributed by atoms with Crippen LogP contribution in [0.3, 0.4) is 0 Å². The number of hydrogen-bond acceptors (Lipinski definition) is 0. The second-order valence-corrected chi connectivity index (χ2v) is 2.03. The van der Waals surface area contributed by atoms with Crippen LogP contribution < -0.4 is 0 Å². The third kappa shape index (κ3) is 2.81. The van der Waals surface area contributed by atoms with Gasteiger partial charge in [0.15, 0.2) is 0 Å². The predicted molar refractivity (Wildman–Crippen MR) is 43.5 cm³/mol. The average Bonchev–Trinajstić information content (AvgIpc) is 2.00. The molecule has 0 heterocycles. The molecule has 0 aliphatic heterocycles. The van der Waals surface area contributed by atoms with E-state index in [0.717, 1.165) is 12.0 Å². The topological polar surface area (TPSA) is 0 Å². The molecule has 1 rings (SSSR count). The van der Waals surface area contributed by atoms with E-state index in [4.69, 9.17) is 0 Å². The summed E-state index contributed by atoms with van der Waals surface area (Å²) in [7, 11) is 0. The molecular weight excluding hydrogens is 127 g/mol. The van der Waals surface area contributed by atoms with Crippen LogP contribution in [0.1, 0.15) is 33.6 Å². The van der Waals surface area contributed by atoms with E-state index in [2.05, 4.69) is 0 Å². The number of rotatable bonds is 0. The van der Waals surface area contributed by atoms with Crippen LogP contribution in [0.5, 0.6) is 0 Å². The zero-order valence-corrected chi connectivity index (χ0v) is 6.95. The van der Waals surface area contributed by atoms with E-state index >= 15 is 0 Å². The van der Waals surface area contributed by atoms with E-state index in [0.29, 0.717) is 6.42 Å². The lowest BCUT2D eigenvalue weighted by Gasteiger charge is -2.02. The smallest absolute Gasteiger partial charge is 0.103 e. The van der Waals surface area contributed by atoms with E-state index in [1.807, 2.05) is 26.0 Å². The van der Waals surface area contributed by atoms with Crippen molar-refractivity contribution >= 4 is 0 Å². The maximum absolute atomic E-state index is 12.4. The lowest BCUT2D eigenvalue weighted by Crippen LogP contribution is -1.84. The maximum atomic E-state index is 12.4. The Morgan fingerprint density at radius 1 is 1.40 bits per heavy atom. The Morgan fingerprint density at radius 2 is 2.00 bits per heavy atom. The maximum Gasteiger partial charge on any atom is 0.103 e. The Balaban J connectivity index is 0.000000371. The molecule has 0 aromatic carbocycles. The van der Waals surface area contributed by atoms with Crippen molar-refractivity contribution in [2.45, 2.75) is 33.6 Å². The summed E-state index contributed by atoms with van der Waals surface area (Å²) in [6.07, 6.45) is 5.29. The van der Waals surface area contributed by atoms with Crippen molar-refractivity contribution in [3.05, 3.63) is 23.6 Å². The SMILES string of the molecule is CC.CC1=C(F)CCC=C1. The van der Waals surface area contributed by atoms with E-state index in [1.54, 1.807) is 6.92 Å². The highest BCUT2D eigenvalue weighted by Gasteiger charge is 2.00. The molecular formula is C9H15F. The molecule has 58 valence electrons. The zero-order chi connectivity index (χ0) is 7.98. The molecule has 10 heavy (non-hydrogen) atoms. The van der Waals surface area contributed by atoms with Gasteiger partial charge >= 0.3 is 0 Å². The van der Waals surface area contributed by atoms with Crippen molar-refractivity contribution in [3.8, 4) is 0 Å². The quantitative estimate of drug-likeness (QED) is 0.484. The Morgan fingerprint density at radius 3 is 2.30 bits per heavy atom. The van der Waals surface area contributed by atoms with E-state index < -0.39 is 0 Å². The van der Waals surface area contributed by atoms with E-state index in [9.17, 15) is 4.39 Å². The van der Waals surface area contributed by atoms with Crippen LogP contribution in [0.15, 0.2) is 23.6 Å². The van der Waals surface area contributed by atoms with Crippen LogP contribution in [-0.2, 0) is 0 Å². The molecule has 0 atom stereocenters. The molecule has 0 amide bonds. The monoisotopic (exact) mass is 142 g/mol. The van der Waals surface area contributed by atoms with Gasteiger partial charge in [-0.05, 0) is 18.9 Å². The molecule has 0 unspecified atom stereocenters. The fourth-order valence-electron chi connectivity index (χ4n) is 0.758. The van der Waals surface area contributed by atoms with Gasteiger partial charge in [-0.3, -0.25) is 0 Å². The van der Waals surface area contributed by atoms with Crippen molar-refractivity contribution in [2.75, 3.05) is 0 Å². The first-order chi connectivity index (χ1) is 4.80. The van der Waals surface area contributed by atoms with Crippen LogP contribution in [0, 0.1) is 0 Å². The van der Waals surface area contributed by atoms with Crippen LogP contribution in [0.4, 0.5) is 4.39 Å². The molecule has 0 nitrogen and oxygen atoms in total. The van der Waals surface area contributed by atoms with Crippen molar-refractivity contribution in [1.82, 2.24) is 0 Å². The molecule has 1 aliphatic rings. The molecule has 0 spiro atoms. The summed E-state index contributed by atoms with van der Waals surface area (Å²) in [5, 5.41) is 0. The summed E-state index contributed by atoms with van der Waals surface area (Å²) >= 11 is 0. The lowest BCUT2D eigenvalue weighted by molar-refractivity contribution is 0.578. The number of hydrogen-bond donors (Lipinski definition) is 0. The number of halogens is 1. The lowest BCUT2D eigenvalue weighted by atomic mass is 10.1. The van der Waals surface area contributed by atoms with Gasteiger partial charge in [-0.2, -0.15) is 0 Å². The minimum Gasteiger partial charge on any atom is -0.212 e. The van der Waals surface area contributed by atoms with Gasteiger partial charge in [0.2, 0.25) is 0 Å². The van der Waals surface area contributed by atoms with Crippen molar-refractivity contribution in [3.63, 3.8) is 0 Å². The molecule has 0 saturated heterocycles. The highest BCUT2D eigenvalue weighted by molar-refractivity contribution is 5.23. The Bertz CT molecular complexity index is 143. The predicted octanol–water partition coefficient (Wildman–Crippen LogP) is 3.61. The average molecular weight is 142 g/mol. The highest BCUT2D eigenvalue weighted by Crippen LogP contribution is 2.18. The molecule has 1 heteroatoms. The Labute approximate surface area is 62.4 Å². The highest BCUT2D eigenvalue weighted by atomic mass is 19.1.